The highest BCUT2D eigenvalue weighted by molar-refractivity contribution is 6.06. The van der Waals surface area contributed by atoms with Crippen LogP contribution in [0.1, 0.15) is 5.56 Å². The van der Waals surface area contributed by atoms with E-state index in [0.29, 0.717) is 13.1 Å². The molecule has 0 spiro atoms. The van der Waals surface area contributed by atoms with Crippen LogP contribution in [0.25, 0.3) is 10.8 Å². The van der Waals surface area contributed by atoms with Crippen molar-refractivity contribution in [3.8, 4) is 0 Å². The molecule has 2 saturated heterocycles. The van der Waals surface area contributed by atoms with Crippen molar-refractivity contribution in [2.24, 2.45) is 11.8 Å². The predicted octanol–water partition coefficient (Wildman–Crippen LogP) is 1.86. The number of benzene rings is 2. The second-order valence-corrected chi connectivity index (χ2v) is 6.01. The average molecular weight is 280 g/mol. The number of rotatable bonds is 1. The van der Waals surface area contributed by atoms with Gasteiger partial charge in [0.25, 0.3) is 0 Å². The lowest BCUT2D eigenvalue weighted by molar-refractivity contribution is -0.126. The van der Waals surface area contributed by atoms with E-state index in [9.17, 15) is 9.59 Å². The van der Waals surface area contributed by atoms with Crippen molar-refractivity contribution >= 4 is 28.3 Å². The maximum atomic E-state index is 11.7. The maximum Gasteiger partial charge on any atom is 0.232 e. The van der Waals surface area contributed by atoms with Crippen molar-refractivity contribution in [3.63, 3.8) is 0 Å². The van der Waals surface area contributed by atoms with E-state index in [1.165, 1.54) is 16.3 Å². The Balaban J connectivity index is 1.67. The molecule has 0 radical (unpaired) electrons. The van der Waals surface area contributed by atoms with Crippen LogP contribution in [-0.4, -0.2) is 24.9 Å². The Morgan fingerprint density at radius 3 is 2.29 bits per heavy atom. The van der Waals surface area contributed by atoms with Gasteiger partial charge in [-0.05, 0) is 29.8 Å². The van der Waals surface area contributed by atoms with Crippen molar-refractivity contribution in [2.45, 2.75) is 6.92 Å². The normalized spacial score (nSPS) is 24.5. The molecule has 0 aliphatic carbocycles. The molecule has 2 atom stereocenters. The fourth-order valence-corrected chi connectivity index (χ4v) is 3.40. The van der Waals surface area contributed by atoms with Crippen molar-refractivity contribution < 1.29 is 9.59 Å². The number of carbonyl (C=O) groups excluding carboxylic acids is 2. The molecule has 0 saturated carbocycles. The number of amides is 2. The van der Waals surface area contributed by atoms with Crippen LogP contribution < -0.4 is 10.2 Å². The molecule has 2 amide bonds. The lowest BCUT2D eigenvalue weighted by Gasteiger charge is -2.20. The molecule has 0 aromatic heterocycles. The molecule has 2 aliphatic heterocycles. The molecule has 1 N–H and O–H groups in total. The standard InChI is InChI=1S/C17H16N2O2/c1-10-2-3-12-7-13(5-4-11(12)6-10)19-8-14-15(9-19)17(21)18-16(14)20/h2-7,14-15H,8-9H2,1H3,(H,18,20,21)/t14-,15+. The molecule has 4 heteroatoms. The molecule has 4 nitrogen and oxygen atoms in total. The average Bonchev–Trinajstić information content (AvgIpc) is 3.01. The Morgan fingerprint density at radius 2 is 1.57 bits per heavy atom. The lowest BCUT2D eigenvalue weighted by Crippen LogP contribution is -2.31. The summed E-state index contributed by atoms with van der Waals surface area (Å²) in [5, 5.41) is 4.82. The zero-order chi connectivity index (χ0) is 14.6. The van der Waals surface area contributed by atoms with Crippen molar-refractivity contribution in [3.05, 3.63) is 42.0 Å². The smallest absolute Gasteiger partial charge is 0.232 e. The first-order chi connectivity index (χ1) is 10.1. The Morgan fingerprint density at radius 1 is 0.952 bits per heavy atom. The van der Waals surface area contributed by atoms with Crippen LogP contribution in [0.15, 0.2) is 36.4 Å². The third-order valence-electron chi connectivity index (χ3n) is 4.58. The summed E-state index contributed by atoms with van der Waals surface area (Å²) in [5.41, 5.74) is 2.33. The van der Waals surface area contributed by atoms with Crippen LogP contribution >= 0.6 is 0 Å². The van der Waals surface area contributed by atoms with E-state index in [1.807, 2.05) is 0 Å². The number of imide groups is 1. The summed E-state index contributed by atoms with van der Waals surface area (Å²) in [7, 11) is 0. The highest BCUT2D eigenvalue weighted by Gasteiger charge is 2.47. The van der Waals surface area contributed by atoms with Crippen LogP contribution in [0.2, 0.25) is 0 Å². The SMILES string of the molecule is Cc1ccc2cc(N3C[C@@H]4C(=O)NC(=O)[C@@H]4C3)ccc2c1. The maximum absolute atomic E-state index is 11.7. The molecule has 2 aromatic carbocycles. The number of hydrogen-bond acceptors (Lipinski definition) is 3. The molecular formula is C17H16N2O2. The highest BCUT2D eigenvalue weighted by Crippen LogP contribution is 2.33. The van der Waals surface area contributed by atoms with E-state index in [4.69, 9.17) is 0 Å². The Kier molecular flexibility index (Phi) is 2.55. The first-order valence-corrected chi connectivity index (χ1v) is 7.22. The summed E-state index contributed by atoms with van der Waals surface area (Å²) in [6.45, 7) is 3.33. The van der Waals surface area contributed by atoms with Crippen LogP contribution in [0, 0.1) is 18.8 Å². The quantitative estimate of drug-likeness (QED) is 0.811. The van der Waals surface area contributed by atoms with Crippen LogP contribution in [0.4, 0.5) is 5.69 Å². The number of carbonyl (C=O) groups is 2. The topological polar surface area (TPSA) is 49.4 Å². The van der Waals surface area contributed by atoms with Crippen LogP contribution in [-0.2, 0) is 9.59 Å². The second kappa shape index (κ2) is 4.32. The predicted molar refractivity (Wildman–Crippen MR) is 81.0 cm³/mol. The van der Waals surface area contributed by atoms with Gasteiger partial charge in [0, 0.05) is 18.8 Å². The van der Waals surface area contributed by atoms with Gasteiger partial charge in [0.15, 0.2) is 0 Å². The van der Waals surface area contributed by atoms with Gasteiger partial charge < -0.3 is 4.90 Å². The van der Waals surface area contributed by atoms with Crippen molar-refractivity contribution in [2.75, 3.05) is 18.0 Å². The Hall–Kier alpha value is -2.36. The molecule has 21 heavy (non-hydrogen) atoms. The first kappa shape index (κ1) is 12.4. The Bertz CT molecular complexity index is 746. The minimum Gasteiger partial charge on any atom is -0.370 e. The van der Waals surface area contributed by atoms with Crippen LogP contribution in [0.5, 0.6) is 0 Å². The van der Waals surface area contributed by atoms with Crippen molar-refractivity contribution in [1.29, 1.82) is 0 Å². The van der Waals surface area contributed by atoms with E-state index in [-0.39, 0.29) is 23.7 Å². The molecule has 2 aromatic rings. The summed E-state index contributed by atoms with van der Waals surface area (Å²) in [6.07, 6.45) is 0. The summed E-state index contributed by atoms with van der Waals surface area (Å²) >= 11 is 0. The van der Waals surface area contributed by atoms with Crippen LogP contribution in [0.3, 0.4) is 0 Å². The second-order valence-electron chi connectivity index (χ2n) is 6.01. The number of hydrogen-bond donors (Lipinski definition) is 1. The molecular weight excluding hydrogens is 264 g/mol. The Labute approximate surface area is 122 Å². The summed E-state index contributed by atoms with van der Waals surface area (Å²) in [5.74, 6) is -0.620. The fraction of sp³-hybridized carbons (Fsp3) is 0.294. The fourth-order valence-electron chi connectivity index (χ4n) is 3.40. The van der Waals surface area contributed by atoms with E-state index < -0.39 is 0 Å². The molecule has 0 bridgehead atoms. The number of anilines is 1. The van der Waals surface area contributed by atoms with E-state index in [1.54, 1.807) is 0 Å². The molecule has 2 fully saturated rings. The minimum absolute atomic E-state index is 0.121. The molecule has 106 valence electrons. The van der Waals surface area contributed by atoms with Gasteiger partial charge in [-0.2, -0.15) is 0 Å². The van der Waals surface area contributed by atoms with Gasteiger partial charge in [0.2, 0.25) is 11.8 Å². The summed E-state index contributed by atoms with van der Waals surface area (Å²) in [6, 6.07) is 12.7. The number of fused-ring (bicyclic) bond motifs is 2. The van der Waals surface area contributed by atoms with Gasteiger partial charge in [-0.15, -0.1) is 0 Å². The van der Waals surface area contributed by atoms with Gasteiger partial charge in [-0.25, -0.2) is 0 Å². The molecule has 4 rings (SSSR count). The van der Waals surface area contributed by atoms with Gasteiger partial charge in [0.05, 0.1) is 11.8 Å². The van der Waals surface area contributed by atoms with E-state index in [2.05, 4.69) is 53.5 Å². The zero-order valence-corrected chi connectivity index (χ0v) is 11.8. The molecule has 2 aliphatic rings. The largest absolute Gasteiger partial charge is 0.370 e. The van der Waals surface area contributed by atoms with Gasteiger partial charge in [0.1, 0.15) is 0 Å². The van der Waals surface area contributed by atoms with Gasteiger partial charge in [-0.1, -0.05) is 29.8 Å². The third-order valence-corrected chi connectivity index (χ3v) is 4.58. The number of nitrogens with zero attached hydrogens (tertiary/aromatic N) is 1. The summed E-state index contributed by atoms with van der Waals surface area (Å²) < 4.78 is 0. The monoisotopic (exact) mass is 280 g/mol. The third kappa shape index (κ3) is 1.90. The minimum atomic E-state index is -0.189. The lowest BCUT2D eigenvalue weighted by atomic mass is 10.00. The van der Waals surface area contributed by atoms with Crippen molar-refractivity contribution in [1.82, 2.24) is 5.32 Å². The first-order valence-electron chi connectivity index (χ1n) is 7.22. The van der Waals surface area contributed by atoms with E-state index in [0.717, 1.165) is 5.69 Å². The van der Waals surface area contributed by atoms with Gasteiger partial charge in [-0.3, -0.25) is 14.9 Å². The molecule has 2 heterocycles. The number of nitrogens with one attached hydrogen (secondary N) is 1. The number of aryl methyl sites for hydroxylation is 1. The zero-order valence-electron chi connectivity index (χ0n) is 11.8. The molecule has 0 unspecified atom stereocenters. The van der Waals surface area contributed by atoms with Gasteiger partial charge >= 0.3 is 0 Å². The summed E-state index contributed by atoms with van der Waals surface area (Å²) in [4.78, 5) is 25.6. The highest BCUT2D eigenvalue weighted by atomic mass is 16.2. The van der Waals surface area contributed by atoms with E-state index >= 15 is 0 Å².